The lowest BCUT2D eigenvalue weighted by molar-refractivity contribution is -0.121. The molecule has 0 rings (SSSR count). The Kier molecular flexibility index (Phi) is 11.3. The molecule has 0 radical (unpaired) electrons. The summed E-state index contributed by atoms with van der Waals surface area (Å²) in [7, 11) is 0. The third kappa shape index (κ3) is 9.16. The van der Waals surface area contributed by atoms with Crippen molar-refractivity contribution in [2.75, 3.05) is 18.5 Å². The second kappa shape index (κ2) is 11.4. The number of aliphatic hydroxyl groups excluding tert-OH is 1. The first-order valence-corrected chi connectivity index (χ1v) is 7.30. The number of nitrogens with one attached hydrogen (secondary N) is 1. The molecule has 1 amide bonds. The quantitative estimate of drug-likeness (QED) is 0.480. The Bertz CT molecular complexity index is 170. The van der Waals surface area contributed by atoms with Gasteiger partial charge in [0, 0.05) is 24.9 Å². The second-order valence-electron chi connectivity index (χ2n) is 4.12. The highest BCUT2D eigenvalue weighted by Crippen LogP contribution is 2.09. The Balaban J connectivity index is 3.60. The van der Waals surface area contributed by atoms with Crippen LogP contribution in [0.4, 0.5) is 0 Å². The normalized spacial score (nSPS) is 12.4. The Morgan fingerprint density at radius 3 is 2.69 bits per heavy atom. The largest absolute Gasteiger partial charge is 0.396 e. The summed E-state index contributed by atoms with van der Waals surface area (Å²) < 4.78 is 0. The van der Waals surface area contributed by atoms with Crippen molar-refractivity contribution in [3.8, 4) is 0 Å². The summed E-state index contributed by atoms with van der Waals surface area (Å²) in [6, 6.07) is 0. The van der Waals surface area contributed by atoms with Crippen molar-refractivity contribution < 1.29 is 9.90 Å². The zero-order valence-corrected chi connectivity index (χ0v) is 11.8. The number of halogens is 1. The predicted molar refractivity (Wildman–Crippen MR) is 70.8 cm³/mol. The SMILES string of the molecule is CCCC(CCO)CNC(=O)CCCCBr. The molecule has 1 unspecified atom stereocenters. The van der Waals surface area contributed by atoms with Gasteiger partial charge in [-0.2, -0.15) is 0 Å². The van der Waals surface area contributed by atoms with Crippen LogP contribution in [0, 0.1) is 5.92 Å². The second-order valence-corrected chi connectivity index (χ2v) is 4.91. The van der Waals surface area contributed by atoms with Crippen LogP contribution in [-0.2, 0) is 4.79 Å². The van der Waals surface area contributed by atoms with Crippen molar-refractivity contribution in [3.05, 3.63) is 0 Å². The molecule has 1 atom stereocenters. The van der Waals surface area contributed by atoms with E-state index in [4.69, 9.17) is 5.11 Å². The van der Waals surface area contributed by atoms with Crippen LogP contribution in [0.1, 0.15) is 45.4 Å². The van der Waals surface area contributed by atoms with Crippen molar-refractivity contribution in [2.24, 2.45) is 5.92 Å². The smallest absolute Gasteiger partial charge is 0.220 e. The van der Waals surface area contributed by atoms with Gasteiger partial charge in [-0.3, -0.25) is 4.79 Å². The zero-order valence-electron chi connectivity index (χ0n) is 10.2. The van der Waals surface area contributed by atoms with Gasteiger partial charge in [0.2, 0.25) is 5.91 Å². The van der Waals surface area contributed by atoms with E-state index in [9.17, 15) is 4.79 Å². The lowest BCUT2D eigenvalue weighted by Crippen LogP contribution is -2.29. The van der Waals surface area contributed by atoms with Crippen LogP contribution in [-0.4, -0.2) is 29.5 Å². The van der Waals surface area contributed by atoms with Gasteiger partial charge in [0.25, 0.3) is 0 Å². The van der Waals surface area contributed by atoms with Gasteiger partial charge in [-0.05, 0) is 31.6 Å². The molecular formula is C12H24BrNO2. The average Bonchev–Trinajstić information content (AvgIpc) is 2.27. The molecule has 0 aliphatic heterocycles. The fraction of sp³-hybridized carbons (Fsp3) is 0.917. The van der Waals surface area contributed by atoms with Gasteiger partial charge in [0.15, 0.2) is 0 Å². The van der Waals surface area contributed by atoms with Gasteiger partial charge >= 0.3 is 0 Å². The minimum absolute atomic E-state index is 0.139. The first-order valence-electron chi connectivity index (χ1n) is 6.18. The summed E-state index contributed by atoms with van der Waals surface area (Å²) in [5.41, 5.74) is 0. The van der Waals surface area contributed by atoms with Crippen LogP contribution in [0.2, 0.25) is 0 Å². The molecule has 0 aromatic rings. The number of carbonyl (C=O) groups excluding carboxylic acids is 1. The van der Waals surface area contributed by atoms with Gasteiger partial charge < -0.3 is 10.4 Å². The summed E-state index contributed by atoms with van der Waals surface area (Å²) in [5, 5.41) is 12.8. The van der Waals surface area contributed by atoms with Crippen molar-refractivity contribution in [1.29, 1.82) is 0 Å². The maximum Gasteiger partial charge on any atom is 0.220 e. The zero-order chi connectivity index (χ0) is 12.2. The number of amides is 1. The molecule has 96 valence electrons. The van der Waals surface area contributed by atoms with E-state index in [1.807, 2.05) is 0 Å². The highest BCUT2D eigenvalue weighted by atomic mass is 79.9. The standard InChI is InChI=1S/C12H24BrNO2/c1-2-5-11(7-9-15)10-14-12(16)6-3-4-8-13/h11,15H,2-10H2,1H3,(H,14,16). The maximum absolute atomic E-state index is 11.4. The molecule has 0 fully saturated rings. The van der Waals surface area contributed by atoms with E-state index in [0.717, 1.165) is 37.4 Å². The van der Waals surface area contributed by atoms with Crippen LogP contribution >= 0.6 is 15.9 Å². The van der Waals surface area contributed by atoms with Crippen LogP contribution in [0.15, 0.2) is 0 Å². The summed E-state index contributed by atoms with van der Waals surface area (Å²) in [4.78, 5) is 11.4. The Hall–Kier alpha value is -0.0900. The summed E-state index contributed by atoms with van der Waals surface area (Å²) >= 11 is 3.34. The molecule has 0 saturated heterocycles. The molecule has 0 spiro atoms. The number of carbonyl (C=O) groups is 1. The highest BCUT2D eigenvalue weighted by Gasteiger charge is 2.08. The lowest BCUT2D eigenvalue weighted by Gasteiger charge is -2.15. The van der Waals surface area contributed by atoms with Crippen molar-refractivity contribution in [2.45, 2.75) is 45.4 Å². The predicted octanol–water partition coefficient (Wildman–Crippen LogP) is 2.47. The molecule has 0 aromatic heterocycles. The molecule has 0 aliphatic rings. The van der Waals surface area contributed by atoms with E-state index in [2.05, 4.69) is 28.2 Å². The molecule has 2 N–H and O–H groups in total. The molecule has 0 heterocycles. The fourth-order valence-corrected chi connectivity index (χ4v) is 2.06. The van der Waals surface area contributed by atoms with Crippen LogP contribution in [0.25, 0.3) is 0 Å². The average molecular weight is 294 g/mol. The van der Waals surface area contributed by atoms with E-state index in [1.165, 1.54) is 0 Å². The number of alkyl halides is 1. The molecule has 3 nitrogen and oxygen atoms in total. The molecule has 0 aliphatic carbocycles. The van der Waals surface area contributed by atoms with E-state index >= 15 is 0 Å². The van der Waals surface area contributed by atoms with Gasteiger partial charge in [-0.25, -0.2) is 0 Å². The van der Waals surface area contributed by atoms with Gasteiger partial charge in [0.1, 0.15) is 0 Å². The van der Waals surface area contributed by atoms with E-state index in [0.29, 0.717) is 18.9 Å². The lowest BCUT2D eigenvalue weighted by atomic mass is 10.0. The highest BCUT2D eigenvalue weighted by molar-refractivity contribution is 9.09. The summed E-state index contributed by atoms with van der Waals surface area (Å²) in [6.07, 6.45) is 5.56. The molecular weight excluding hydrogens is 270 g/mol. The monoisotopic (exact) mass is 293 g/mol. The maximum atomic E-state index is 11.4. The Morgan fingerprint density at radius 2 is 2.12 bits per heavy atom. The first-order chi connectivity index (χ1) is 7.74. The van der Waals surface area contributed by atoms with E-state index < -0.39 is 0 Å². The Labute approximate surface area is 107 Å². The summed E-state index contributed by atoms with van der Waals surface area (Å²) in [6.45, 7) is 3.05. The topological polar surface area (TPSA) is 49.3 Å². The third-order valence-corrected chi connectivity index (χ3v) is 3.17. The molecule has 0 bridgehead atoms. The van der Waals surface area contributed by atoms with Crippen molar-refractivity contribution >= 4 is 21.8 Å². The summed E-state index contributed by atoms with van der Waals surface area (Å²) in [5.74, 6) is 0.565. The molecule has 16 heavy (non-hydrogen) atoms. The van der Waals surface area contributed by atoms with Crippen LogP contribution in [0.3, 0.4) is 0 Å². The molecule has 0 aromatic carbocycles. The number of aliphatic hydroxyl groups is 1. The van der Waals surface area contributed by atoms with Gasteiger partial charge in [0.05, 0.1) is 0 Å². The van der Waals surface area contributed by atoms with Crippen molar-refractivity contribution in [3.63, 3.8) is 0 Å². The van der Waals surface area contributed by atoms with Crippen LogP contribution < -0.4 is 5.32 Å². The molecule has 4 heteroatoms. The molecule has 0 saturated carbocycles. The fourth-order valence-electron chi connectivity index (χ4n) is 1.67. The van der Waals surface area contributed by atoms with E-state index in [1.54, 1.807) is 0 Å². The number of hydrogen-bond donors (Lipinski definition) is 2. The number of hydrogen-bond acceptors (Lipinski definition) is 2. The minimum atomic E-state index is 0.139. The minimum Gasteiger partial charge on any atom is -0.396 e. The van der Waals surface area contributed by atoms with Gasteiger partial charge in [-0.1, -0.05) is 29.3 Å². The van der Waals surface area contributed by atoms with Crippen molar-refractivity contribution in [1.82, 2.24) is 5.32 Å². The first kappa shape index (κ1) is 15.9. The third-order valence-electron chi connectivity index (χ3n) is 2.61. The Morgan fingerprint density at radius 1 is 1.38 bits per heavy atom. The number of unbranched alkanes of at least 4 members (excludes halogenated alkanes) is 1. The number of rotatable bonds is 10. The van der Waals surface area contributed by atoms with Crippen LogP contribution in [0.5, 0.6) is 0 Å². The van der Waals surface area contributed by atoms with Gasteiger partial charge in [-0.15, -0.1) is 0 Å². The van der Waals surface area contributed by atoms with E-state index in [-0.39, 0.29) is 12.5 Å².